The average molecular weight is 300 g/mol. The van der Waals surface area contributed by atoms with Crippen molar-refractivity contribution in [1.82, 2.24) is 5.32 Å². The van der Waals surface area contributed by atoms with Gasteiger partial charge in [0.05, 0.1) is 6.04 Å². The van der Waals surface area contributed by atoms with Crippen molar-refractivity contribution in [3.8, 4) is 5.75 Å². The predicted octanol–water partition coefficient (Wildman–Crippen LogP) is 2.39. The molecule has 4 nitrogen and oxygen atoms in total. The van der Waals surface area contributed by atoms with Crippen LogP contribution in [0.1, 0.15) is 43.7 Å². The van der Waals surface area contributed by atoms with Crippen molar-refractivity contribution in [2.75, 3.05) is 6.61 Å². The first kappa shape index (κ1) is 14.1. The molecule has 22 heavy (non-hydrogen) atoms. The van der Waals surface area contributed by atoms with Gasteiger partial charge in [0.1, 0.15) is 12.4 Å². The molecule has 4 heteroatoms. The van der Waals surface area contributed by atoms with Crippen molar-refractivity contribution in [1.29, 1.82) is 0 Å². The molecule has 1 aromatic carbocycles. The van der Waals surface area contributed by atoms with E-state index in [9.17, 15) is 4.79 Å². The van der Waals surface area contributed by atoms with Crippen molar-refractivity contribution in [2.24, 2.45) is 23.5 Å². The van der Waals surface area contributed by atoms with Gasteiger partial charge in [0, 0.05) is 17.5 Å². The zero-order valence-corrected chi connectivity index (χ0v) is 12.8. The number of carbonyl (C=O) groups excluding carboxylic acids is 1. The maximum absolute atomic E-state index is 12.7. The monoisotopic (exact) mass is 300 g/mol. The molecule has 3 N–H and O–H groups in total. The molecule has 0 aromatic heterocycles. The Morgan fingerprint density at radius 1 is 1.18 bits per heavy atom. The Bertz CT molecular complexity index is 560. The topological polar surface area (TPSA) is 64.4 Å². The van der Waals surface area contributed by atoms with E-state index >= 15 is 0 Å². The Morgan fingerprint density at radius 2 is 1.91 bits per heavy atom. The summed E-state index contributed by atoms with van der Waals surface area (Å²) in [7, 11) is 0. The van der Waals surface area contributed by atoms with E-state index in [1.807, 2.05) is 24.3 Å². The Labute approximate surface area is 131 Å². The molecule has 0 spiro atoms. The SMILES string of the molecule is NC1C2CCCC1CC(C(=O)NC1COc3ccccc31)C2. The molecular weight excluding hydrogens is 276 g/mol. The highest BCUT2D eigenvalue weighted by Gasteiger charge is 2.41. The van der Waals surface area contributed by atoms with E-state index in [1.165, 1.54) is 19.3 Å². The number of ether oxygens (including phenoxy) is 1. The van der Waals surface area contributed by atoms with Gasteiger partial charge in [-0.15, -0.1) is 0 Å². The smallest absolute Gasteiger partial charge is 0.223 e. The molecule has 1 heterocycles. The molecular formula is C18H24N2O2. The Balaban J connectivity index is 1.43. The van der Waals surface area contributed by atoms with Crippen LogP contribution >= 0.6 is 0 Å². The first-order valence-corrected chi connectivity index (χ1v) is 8.50. The number of hydrogen-bond donors (Lipinski definition) is 2. The highest BCUT2D eigenvalue weighted by atomic mass is 16.5. The van der Waals surface area contributed by atoms with Crippen LogP contribution < -0.4 is 15.8 Å². The molecule has 1 aliphatic heterocycles. The fourth-order valence-corrected chi connectivity index (χ4v) is 4.57. The predicted molar refractivity (Wildman–Crippen MR) is 84.4 cm³/mol. The summed E-state index contributed by atoms with van der Waals surface area (Å²) in [6.45, 7) is 0.546. The minimum atomic E-state index is -0.000796. The summed E-state index contributed by atoms with van der Waals surface area (Å²) in [5.74, 6) is 2.29. The van der Waals surface area contributed by atoms with E-state index in [0.717, 1.165) is 24.2 Å². The number of para-hydroxylation sites is 1. The maximum atomic E-state index is 12.7. The van der Waals surface area contributed by atoms with Crippen molar-refractivity contribution in [2.45, 2.75) is 44.2 Å². The lowest BCUT2D eigenvalue weighted by atomic mass is 9.65. The Kier molecular flexibility index (Phi) is 3.57. The second kappa shape index (κ2) is 5.58. The van der Waals surface area contributed by atoms with E-state index in [1.54, 1.807) is 0 Å². The highest BCUT2D eigenvalue weighted by molar-refractivity contribution is 5.79. The lowest BCUT2D eigenvalue weighted by Crippen LogP contribution is -2.49. The van der Waals surface area contributed by atoms with E-state index in [-0.39, 0.29) is 17.9 Å². The minimum Gasteiger partial charge on any atom is -0.491 e. The van der Waals surface area contributed by atoms with Crippen LogP contribution in [0.3, 0.4) is 0 Å². The number of fused-ring (bicyclic) bond motifs is 3. The molecule has 118 valence electrons. The van der Waals surface area contributed by atoms with E-state index in [2.05, 4.69) is 5.32 Å². The lowest BCUT2D eigenvalue weighted by Gasteiger charge is -2.43. The fraction of sp³-hybridized carbons (Fsp3) is 0.611. The first-order chi connectivity index (χ1) is 10.7. The summed E-state index contributed by atoms with van der Waals surface area (Å²) in [5, 5.41) is 3.20. The zero-order chi connectivity index (χ0) is 15.1. The number of rotatable bonds is 2. The summed E-state index contributed by atoms with van der Waals surface area (Å²) in [4.78, 5) is 12.7. The largest absolute Gasteiger partial charge is 0.491 e. The van der Waals surface area contributed by atoms with Crippen LogP contribution in [0, 0.1) is 17.8 Å². The van der Waals surface area contributed by atoms with Crippen LogP contribution in [0.4, 0.5) is 0 Å². The molecule has 2 aliphatic carbocycles. The standard InChI is InChI=1S/C18H24N2O2/c19-17-11-4-3-5-12(17)9-13(8-11)18(21)20-15-10-22-16-7-2-1-6-14(15)16/h1-2,6-7,11-13,15,17H,3-5,8-10,19H2,(H,20,21). The van der Waals surface area contributed by atoms with Crippen LogP contribution in [0.25, 0.3) is 0 Å². The van der Waals surface area contributed by atoms with Gasteiger partial charge in [-0.05, 0) is 43.6 Å². The molecule has 0 saturated heterocycles. The Hall–Kier alpha value is -1.55. The summed E-state index contributed by atoms with van der Waals surface area (Å²) in [5.41, 5.74) is 7.42. The van der Waals surface area contributed by atoms with Crippen LogP contribution in [0.2, 0.25) is 0 Å². The number of amides is 1. The van der Waals surface area contributed by atoms with Gasteiger partial charge in [-0.3, -0.25) is 4.79 Å². The van der Waals surface area contributed by atoms with Crippen LogP contribution in [0.5, 0.6) is 5.75 Å². The van der Waals surface area contributed by atoms with Crippen molar-refractivity contribution < 1.29 is 9.53 Å². The van der Waals surface area contributed by atoms with Gasteiger partial charge >= 0.3 is 0 Å². The van der Waals surface area contributed by atoms with E-state index in [4.69, 9.17) is 10.5 Å². The van der Waals surface area contributed by atoms with Crippen molar-refractivity contribution in [3.05, 3.63) is 29.8 Å². The molecule has 3 atom stereocenters. The molecule has 3 aliphatic rings. The molecule has 1 amide bonds. The van der Waals surface area contributed by atoms with Crippen molar-refractivity contribution >= 4 is 5.91 Å². The number of benzene rings is 1. The second-order valence-electron chi connectivity index (χ2n) is 7.11. The molecule has 1 aromatic rings. The van der Waals surface area contributed by atoms with Gasteiger partial charge in [-0.1, -0.05) is 24.6 Å². The molecule has 3 unspecified atom stereocenters. The van der Waals surface area contributed by atoms with Crippen molar-refractivity contribution in [3.63, 3.8) is 0 Å². The third-order valence-electron chi connectivity index (χ3n) is 5.80. The molecule has 4 rings (SSSR count). The molecule has 0 radical (unpaired) electrons. The number of hydrogen-bond acceptors (Lipinski definition) is 3. The third kappa shape index (κ3) is 2.39. The number of carbonyl (C=O) groups is 1. The number of nitrogens with two attached hydrogens (primary N) is 1. The van der Waals surface area contributed by atoms with Gasteiger partial charge in [0.2, 0.25) is 5.91 Å². The van der Waals surface area contributed by atoms with Gasteiger partial charge in [0.15, 0.2) is 0 Å². The normalized spacial score (nSPS) is 36.3. The third-order valence-corrected chi connectivity index (χ3v) is 5.80. The molecule has 2 saturated carbocycles. The lowest BCUT2D eigenvalue weighted by molar-refractivity contribution is -0.128. The van der Waals surface area contributed by atoms with Gasteiger partial charge in [-0.25, -0.2) is 0 Å². The summed E-state index contributed by atoms with van der Waals surface area (Å²) in [6.07, 6.45) is 5.58. The molecule has 2 bridgehead atoms. The minimum absolute atomic E-state index is 0.000796. The molecule has 2 fully saturated rings. The summed E-state index contributed by atoms with van der Waals surface area (Å²) < 4.78 is 5.66. The summed E-state index contributed by atoms with van der Waals surface area (Å²) >= 11 is 0. The quantitative estimate of drug-likeness (QED) is 0.881. The van der Waals surface area contributed by atoms with Crippen LogP contribution in [-0.2, 0) is 4.79 Å². The highest BCUT2D eigenvalue weighted by Crippen LogP contribution is 2.42. The summed E-state index contributed by atoms with van der Waals surface area (Å²) in [6, 6.07) is 8.28. The van der Waals surface area contributed by atoms with Gasteiger partial charge < -0.3 is 15.8 Å². The number of nitrogens with one attached hydrogen (secondary N) is 1. The second-order valence-corrected chi connectivity index (χ2v) is 7.11. The van der Waals surface area contributed by atoms with E-state index < -0.39 is 0 Å². The van der Waals surface area contributed by atoms with E-state index in [0.29, 0.717) is 24.5 Å². The Morgan fingerprint density at radius 3 is 2.68 bits per heavy atom. The average Bonchev–Trinajstić information content (AvgIpc) is 2.90. The first-order valence-electron chi connectivity index (χ1n) is 8.50. The fourth-order valence-electron chi connectivity index (χ4n) is 4.57. The van der Waals surface area contributed by atoms with Crippen LogP contribution in [0.15, 0.2) is 24.3 Å². The van der Waals surface area contributed by atoms with Crippen LogP contribution in [-0.4, -0.2) is 18.6 Å². The maximum Gasteiger partial charge on any atom is 0.223 e. The van der Waals surface area contributed by atoms with Gasteiger partial charge in [0.25, 0.3) is 0 Å². The van der Waals surface area contributed by atoms with Gasteiger partial charge in [-0.2, -0.15) is 0 Å². The zero-order valence-electron chi connectivity index (χ0n) is 12.8.